The van der Waals surface area contributed by atoms with E-state index in [1.54, 1.807) is 109 Å². The van der Waals surface area contributed by atoms with Gasteiger partial charge in [-0.15, -0.1) is 0 Å². The number of ketones is 1. The molecule has 0 saturated heterocycles. The van der Waals surface area contributed by atoms with Crippen LogP contribution in [0.1, 0.15) is 106 Å². The van der Waals surface area contributed by atoms with Gasteiger partial charge in [-0.1, -0.05) is 12.1 Å². The van der Waals surface area contributed by atoms with E-state index in [0.717, 1.165) is 0 Å². The summed E-state index contributed by atoms with van der Waals surface area (Å²) in [5.74, 6) is -2.46. The Hall–Kier alpha value is -3.96. The molecule has 2 atom stereocenters. The van der Waals surface area contributed by atoms with E-state index in [4.69, 9.17) is 37.6 Å². The fourth-order valence-electron chi connectivity index (χ4n) is 3.86. The Bertz CT molecular complexity index is 1520. The van der Waals surface area contributed by atoms with Crippen molar-refractivity contribution in [2.24, 2.45) is 21.7 Å². The lowest BCUT2D eigenvalue weighted by Crippen LogP contribution is -2.58. The number of ether oxygens (including phenoxy) is 4. The number of carbonyl (C=O) groups excluding carboxylic acids is 5. The Balaban J connectivity index is 0.00000262. The first kappa shape index (κ1) is 47.1. The predicted octanol–water partition coefficient (Wildman–Crippen LogP) is 2.16. The molecule has 0 fully saturated rings. The standard InChI is InChI=1S/C37H52N2O9.ClHO4/c1-34(2,3)30(41)45-23-17-15-21(19-25(23)47-32(43)36(7,8)9)27(38-13)29(40)28(39-14)22-16-18-24(46-31(42)35(4,5)6)26(20-22)48-33(44)37(10,11)12;2-1(3,4)5/h15-20,27-28,38-39H,1-14H3;(H,2,3,4,5). The lowest BCUT2D eigenvalue weighted by atomic mass is 9.92. The zero-order chi connectivity index (χ0) is 41.5. The van der Waals surface area contributed by atoms with Crippen molar-refractivity contribution in [1.82, 2.24) is 10.6 Å². The van der Waals surface area contributed by atoms with E-state index in [1.165, 1.54) is 24.3 Å². The fraction of sp³-hybridized carbons (Fsp3) is 0.541. The molecule has 0 aliphatic heterocycles. The van der Waals surface area contributed by atoms with Crippen molar-refractivity contribution in [1.29, 1.82) is 0 Å². The van der Waals surface area contributed by atoms with E-state index < -0.39 is 67.9 Å². The Kier molecular flexibility index (Phi) is 15.9. The van der Waals surface area contributed by atoms with Crippen LogP contribution in [0.3, 0.4) is 0 Å². The molecule has 0 aliphatic rings. The van der Waals surface area contributed by atoms with E-state index in [0.29, 0.717) is 11.1 Å². The smallest absolute Gasteiger partial charge is 0.316 e. The third kappa shape index (κ3) is 15.1. The number of hydrogen-bond acceptors (Lipinski definition) is 15. The molecule has 16 heteroatoms. The number of Topliss-reactive ketones (excluding diaryl/α,β-unsaturated/α-hetero) is 1. The Labute approximate surface area is 313 Å². The predicted molar refractivity (Wildman–Crippen MR) is 184 cm³/mol. The number of likely N-dealkylation sites (N-methyl/N-ethyl adjacent to an activating group) is 2. The number of halogens is 1. The van der Waals surface area contributed by atoms with E-state index in [9.17, 15) is 24.0 Å². The average Bonchev–Trinajstić information content (AvgIpc) is 2.97. The van der Waals surface area contributed by atoms with Crippen molar-refractivity contribution in [3.63, 3.8) is 0 Å². The van der Waals surface area contributed by atoms with Gasteiger partial charge in [0.15, 0.2) is 28.8 Å². The maximum atomic E-state index is 14.2. The molecule has 2 aromatic carbocycles. The number of esters is 4. The molecule has 2 unspecified atom stereocenters. The SMILES string of the molecule is CNC(C(=O)C(NC)c1ccc(OC(=O)C(C)(C)C)c(OC(=O)C(C)(C)C)c1)c1ccc(OC(=O)C(C)(C)C)c(OC(=O)C(C)(C)C)c1.[O-][Cl+3]([O-])([O-])O. The third-order valence-electron chi connectivity index (χ3n) is 7.01. The van der Waals surface area contributed by atoms with Gasteiger partial charge in [0.1, 0.15) is 0 Å². The average molecular weight is 769 g/mol. The normalized spacial score (nSPS) is 13.5. The van der Waals surface area contributed by atoms with Gasteiger partial charge >= 0.3 is 23.9 Å². The molecule has 296 valence electrons. The van der Waals surface area contributed by atoms with Crippen molar-refractivity contribution in [2.45, 2.75) is 95.2 Å². The maximum Gasteiger partial charge on any atom is 0.316 e. The van der Waals surface area contributed by atoms with Crippen LogP contribution in [0.5, 0.6) is 23.0 Å². The van der Waals surface area contributed by atoms with Crippen molar-refractivity contribution < 1.29 is 71.8 Å². The molecule has 0 bridgehead atoms. The second-order valence-electron chi connectivity index (χ2n) is 16.2. The molecular formula is C37H53ClN2O13. The summed E-state index contributed by atoms with van der Waals surface area (Å²) in [4.78, 5) is 65.4. The molecule has 15 nitrogen and oxygen atoms in total. The van der Waals surface area contributed by atoms with Gasteiger partial charge in [-0.05, 0) is 133 Å². The molecule has 3 N–H and O–H groups in total. The largest absolute Gasteiger partial charge is 0.422 e. The lowest BCUT2D eigenvalue weighted by Gasteiger charge is -2.25. The number of carbonyl (C=O) groups is 5. The minimum Gasteiger partial charge on any atom is -0.422 e. The van der Waals surface area contributed by atoms with Crippen molar-refractivity contribution in [2.75, 3.05) is 14.1 Å². The second-order valence-corrected chi connectivity index (χ2v) is 17.0. The number of benzene rings is 2. The molecular weight excluding hydrogens is 716 g/mol. The highest BCUT2D eigenvalue weighted by molar-refractivity contribution is 5.92. The van der Waals surface area contributed by atoms with Gasteiger partial charge in [0.05, 0.1) is 48.6 Å². The first-order chi connectivity index (χ1) is 23.8. The van der Waals surface area contributed by atoms with Gasteiger partial charge in [0.25, 0.3) is 0 Å². The number of hydrogen-bond donors (Lipinski definition) is 3. The van der Waals surface area contributed by atoms with E-state index in [1.807, 2.05) is 0 Å². The van der Waals surface area contributed by atoms with Crippen molar-refractivity contribution in [3.8, 4) is 23.0 Å². The van der Waals surface area contributed by atoms with Crippen LogP contribution in [-0.2, 0) is 24.0 Å². The monoisotopic (exact) mass is 768 g/mol. The third-order valence-corrected chi connectivity index (χ3v) is 7.01. The first-order valence-corrected chi connectivity index (χ1v) is 17.8. The van der Waals surface area contributed by atoms with Gasteiger partial charge in [-0.25, -0.2) is 0 Å². The summed E-state index contributed by atoms with van der Waals surface area (Å²) in [5, 5.41) is 6.05. The minimum absolute atomic E-state index is 0.0134. The summed E-state index contributed by atoms with van der Waals surface area (Å²) < 4.78 is 55.3. The molecule has 2 rings (SSSR count). The summed E-state index contributed by atoms with van der Waals surface area (Å²) >= 11 is 0. The van der Waals surface area contributed by atoms with E-state index in [-0.39, 0.29) is 28.8 Å². The van der Waals surface area contributed by atoms with Crippen LogP contribution in [0.2, 0.25) is 0 Å². The topological polar surface area (TPSA) is 236 Å². The van der Waals surface area contributed by atoms with Crippen LogP contribution < -0.4 is 43.6 Å². The highest BCUT2D eigenvalue weighted by Crippen LogP contribution is 2.38. The fourth-order valence-corrected chi connectivity index (χ4v) is 3.86. The van der Waals surface area contributed by atoms with Crippen molar-refractivity contribution >= 4 is 29.7 Å². The molecule has 0 spiro atoms. The molecule has 0 saturated carbocycles. The highest BCUT2D eigenvalue weighted by Gasteiger charge is 2.33. The Morgan fingerprint density at radius 2 is 0.755 bits per heavy atom. The van der Waals surface area contributed by atoms with E-state index in [2.05, 4.69) is 10.6 Å². The van der Waals surface area contributed by atoms with Crippen LogP contribution in [0.15, 0.2) is 36.4 Å². The Morgan fingerprint density at radius 3 is 0.962 bits per heavy atom. The van der Waals surface area contributed by atoms with Gasteiger partial charge in [-0.3, -0.25) is 24.0 Å². The number of rotatable bonds is 10. The Morgan fingerprint density at radius 1 is 0.528 bits per heavy atom. The zero-order valence-corrected chi connectivity index (χ0v) is 33.6. The molecule has 2 aromatic rings. The van der Waals surface area contributed by atoms with Crippen LogP contribution in [0, 0.1) is 31.9 Å². The van der Waals surface area contributed by atoms with Crippen LogP contribution >= 0.6 is 0 Å². The quantitative estimate of drug-likeness (QED) is 0.232. The van der Waals surface area contributed by atoms with Gasteiger partial charge in [0.2, 0.25) is 0 Å². The van der Waals surface area contributed by atoms with E-state index >= 15 is 0 Å². The lowest BCUT2D eigenvalue weighted by molar-refractivity contribution is -1.92. The molecule has 0 aliphatic carbocycles. The molecule has 0 heterocycles. The van der Waals surface area contributed by atoms with Crippen LogP contribution in [0.4, 0.5) is 0 Å². The first-order valence-electron chi connectivity index (χ1n) is 16.5. The highest BCUT2D eigenvalue weighted by atomic mass is 35.7. The molecule has 0 aromatic heterocycles. The summed E-state index contributed by atoms with van der Waals surface area (Å²) in [6, 6.07) is 7.31. The molecule has 0 amide bonds. The zero-order valence-electron chi connectivity index (χ0n) is 32.8. The minimum atomic E-state index is -4.69. The van der Waals surface area contributed by atoms with Crippen LogP contribution in [-0.4, -0.2) is 48.4 Å². The summed E-state index contributed by atoms with van der Waals surface area (Å²) in [5.41, 5.74) is -2.51. The maximum absolute atomic E-state index is 14.2. The summed E-state index contributed by atoms with van der Waals surface area (Å²) in [6.07, 6.45) is 0. The molecule has 0 radical (unpaired) electrons. The van der Waals surface area contributed by atoms with Crippen molar-refractivity contribution in [3.05, 3.63) is 47.5 Å². The molecule has 53 heavy (non-hydrogen) atoms. The summed E-state index contributed by atoms with van der Waals surface area (Å²) in [7, 11) is -1.48. The number of nitrogens with one attached hydrogen (secondary N) is 2. The van der Waals surface area contributed by atoms with Gasteiger partial charge in [-0.2, -0.15) is 14.0 Å². The second kappa shape index (κ2) is 17.9. The van der Waals surface area contributed by atoms with Crippen LogP contribution in [0.25, 0.3) is 0 Å². The van der Waals surface area contributed by atoms with Gasteiger partial charge < -0.3 is 29.6 Å². The summed E-state index contributed by atoms with van der Waals surface area (Å²) in [6.45, 7) is 20.4. The van der Waals surface area contributed by atoms with Gasteiger partial charge in [0, 0.05) is 0 Å².